The van der Waals surface area contributed by atoms with E-state index in [9.17, 15) is 9.90 Å². The van der Waals surface area contributed by atoms with Gasteiger partial charge in [-0.25, -0.2) is 0 Å². The smallest absolute Gasteiger partial charge is 0.165 e. The molecule has 0 aromatic carbocycles. The third-order valence-electron chi connectivity index (χ3n) is 7.79. The fourth-order valence-electron chi connectivity index (χ4n) is 6.62. The van der Waals surface area contributed by atoms with Crippen molar-refractivity contribution in [3.63, 3.8) is 0 Å². The molecule has 4 heteroatoms. The second-order valence-corrected chi connectivity index (χ2v) is 9.50. The van der Waals surface area contributed by atoms with E-state index >= 15 is 0 Å². The molecule has 4 rings (SSSR count). The third-order valence-corrected chi connectivity index (χ3v) is 7.79. The largest absolute Gasteiger partial charge is 0.498 e. The van der Waals surface area contributed by atoms with Gasteiger partial charge in [-0.1, -0.05) is 34.1 Å². The van der Waals surface area contributed by atoms with E-state index < -0.39 is 11.7 Å². The van der Waals surface area contributed by atoms with Crippen LogP contribution in [0.2, 0.25) is 0 Å². The SMILES string of the molecule is C[C@@H]1[C@@H](O)C(=O)C2C(C)(C)CCC[C@]2(C)C12CCC1(C=COC1)O2. The lowest BCUT2D eigenvalue weighted by molar-refractivity contribution is -0.250. The number of carbonyl (C=O) groups excluding carboxylic acids is 1. The van der Waals surface area contributed by atoms with Gasteiger partial charge in [-0.15, -0.1) is 0 Å². The summed E-state index contributed by atoms with van der Waals surface area (Å²) in [7, 11) is 0. The number of ether oxygens (including phenoxy) is 2. The zero-order valence-corrected chi connectivity index (χ0v) is 15.3. The van der Waals surface area contributed by atoms with Gasteiger partial charge in [-0.05, 0) is 37.2 Å². The average Bonchev–Trinajstić information content (AvgIpc) is 3.12. The second-order valence-electron chi connectivity index (χ2n) is 9.50. The average molecular weight is 334 g/mol. The van der Waals surface area contributed by atoms with E-state index in [1.807, 2.05) is 13.0 Å². The van der Waals surface area contributed by atoms with Crippen molar-refractivity contribution < 1.29 is 19.4 Å². The van der Waals surface area contributed by atoms with Crippen LogP contribution in [0.4, 0.5) is 0 Å². The first-order chi connectivity index (χ1) is 11.2. The van der Waals surface area contributed by atoms with Crippen LogP contribution in [-0.2, 0) is 14.3 Å². The first kappa shape index (κ1) is 16.6. The van der Waals surface area contributed by atoms with Gasteiger partial charge in [0.15, 0.2) is 5.78 Å². The van der Waals surface area contributed by atoms with E-state index in [2.05, 4.69) is 20.8 Å². The molecular formula is C20H30O4. The fourth-order valence-corrected chi connectivity index (χ4v) is 6.62. The van der Waals surface area contributed by atoms with Crippen LogP contribution in [0, 0.1) is 22.7 Å². The van der Waals surface area contributed by atoms with E-state index in [0.717, 1.165) is 32.1 Å². The molecule has 2 saturated carbocycles. The lowest BCUT2D eigenvalue weighted by Gasteiger charge is -2.63. The molecule has 0 aromatic heterocycles. The summed E-state index contributed by atoms with van der Waals surface area (Å²) in [5.41, 5.74) is -1.16. The monoisotopic (exact) mass is 334 g/mol. The van der Waals surface area contributed by atoms with Crippen molar-refractivity contribution in [3.05, 3.63) is 12.3 Å². The Kier molecular flexibility index (Phi) is 3.35. The molecule has 2 heterocycles. The molecule has 3 unspecified atom stereocenters. The molecule has 4 nitrogen and oxygen atoms in total. The molecule has 1 N–H and O–H groups in total. The molecule has 0 radical (unpaired) electrons. The van der Waals surface area contributed by atoms with Crippen LogP contribution >= 0.6 is 0 Å². The number of hydrogen-bond acceptors (Lipinski definition) is 4. The zero-order chi connectivity index (χ0) is 17.4. The van der Waals surface area contributed by atoms with Crippen LogP contribution in [0.25, 0.3) is 0 Å². The number of aliphatic hydroxyl groups excluding tert-OH is 1. The van der Waals surface area contributed by atoms with Gasteiger partial charge in [-0.2, -0.15) is 0 Å². The van der Waals surface area contributed by atoms with Crippen LogP contribution < -0.4 is 0 Å². The van der Waals surface area contributed by atoms with Crippen molar-refractivity contribution >= 4 is 5.78 Å². The summed E-state index contributed by atoms with van der Waals surface area (Å²) < 4.78 is 12.3. The molecule has 0 bridgehead atoms. The maximum Gasteiger partial charge on any atom is 0.165 e. The second kappa shape index (κ2) is 4.85. The van der Waals surface area contributed by atoms with Gasteiger partial charge in [0.05, 0.1) is 11.9 Å². The number of hydrogen-bond donors (Lipinski definition) is 1. The van der Waals surface area contributed by atoms with Gasteiger partial charge in [0, 0.05) is 17.3 Å². The number of rotatable bonds is 0. The number of ketones is 1. The van der Waals surface area contributed by atoms with E-state index in [4.69, 9.17) is 9.47 Å². The topological polar surface area (TPSA) is 55.8 Å². The van der Waals surface area contributed by atoms with E-state index in [1.165, 1.54) is 0 Å². The van der Waals surface area contributed by atoms with Crippen LogP contribution in [0.1, 0.15) is 59.8 Å². The summed E-state index contributed by atoms with van der Waals surface area (Å²) in [4.78, 5) is 13.1. The zero-order valence-electron chi connectivity index (χ0n) is 15.3. The summed E-state index contributed by atoms with van der Waals surface area (Å²) in [5, 5.41) is 10.8. The Morgan fingerprint density at radius 1 is 1.17 bits per heavy atom. The van der Waals surface area contributed by atoms with Gasteiger partial charge in [0.1, 0.15) is 18.3 Å². The predicted octanol–water partition coefficient (Wildman–Crippen LogP) is 3.23. The van der Waals surface area contributed by atoms with Gasteiger partial charge < -0.3 is 14.6 Å². The quantitative estimate of drug-likeness (QED) is 0.739. The Morgan fingerprint density at radius 2 is 1.92 bits per heavy atom. The van der Waals surface area contributed by atoms with Crippen LogP contribution in [-0.4, -0.2) is 34.8 Å². The normalized spacial score (nSPS) is 52.7. The summed E-state index contributed by atoms with van der Waals surface area (Å²) >= 11 is 0. The molecule has 24 heavy (non-hydrogen) atoms. The highest BCUT2D eigenvalue weighted by Crippen LogP contribution is 2.66. The summed E-state index contributed by atoms with van der Waals surface area (Å²) in [6.45, 7) is 9.18. The summed E-state index contributed by atoms with van der Waals surface area (Å²) in [5.74, 6) is -0.303. The molecule has 0 amide bonds. The van der Waals surface area contributed by atoms with Crippen molar-refractivity contribution in [2.75, 3.05) is 6.61 Å². The van der Waals surface area contributed by atoms with Crippen molar-refractivity contribution in [1.82, 2.24) is 0 Å². The Morgan fingerprint density at radius 3 is 2.58 bits per heavy atom. The molecule has 2 aliphatic carbocycles. The van der Waals surface area contributed by atoms with Crippen LogP contribution in [0.3, 0.4) is 0 Å². The van der Waals surface area contributed by atoms with Gasteiger partial charge in [0.2, 0.25) is 0 Å². The van der Waals surface area contributed by atoms with Crippen LogP contribution in [0.5, 0.6) is 0 Å². The number of Topliss-reactive ketones (excluding diaryl/α,β-unsaturated/α-hetero) is 1. The molecule has 2 spiro atoms. The lowest BCUT2D eigenvalue weighted by atomic mass is 9.43. The Labute approximate surface area is 144 Å². The summed E-state index contributed by atoms with van der Waals surface area (Å²) in [6, 6.07) is 0. The molecule has 2 aliphatic heterocycles. The first-order valence-corrected chi connectivity index (χ1v) is 9.39. The van der Waals surface area contributed by atoms with Gasteiger partial charge in [-0.3, -0.25) is 4.79 Å². The third kappa shape index (κ3) is 1.84. The highest BCUT2D eigenvalue weighted by atomic mass is 16.6. The fraction of sp³-hybridized carbons (Fsp3) is 0.850. The first-order valence-electron chi connectivity index (χ1n) is 9.39. The van der Waals surface area contributed by atoms with Crippen molar-refractivity contribution in [3.8, 4) is 0 Å². The molecule has 1 saturated heterocycles. The summed E-state index contributed by atoms with van der Waals surface area (Å²) in [6.07, 6.45) is 7.76. The maximum absolute atomic E-state index is 13.1. The van der Waals surface area contributed by atoms with Crippen molar-refractivity contribution in [1.29, 1.82) is 0 Å². The lowest BCUT2D eigenvalue weighted by Crippen LogP contribution is -2.69. The Balaban J connectivity index is 1.83. The highest BCUT2D eigenvalue weighted by Gasteiger charge is 2.71. The van der Waals surface area contributed by atoms with E-state index in [1.54, 1.807) is 6.26 Å². The molecule has 134 valence electrons. The minimum Gasteiger partial charge on any atom is -0.498 e. The van der Waals surface area contributed by atoms with Crippen molar-refractivity contribution in [2.24, 2.45) is 22.7 Å². The molecular weight excluding hydrogens is 304 g/mol. The van der Waals surface area contributed by atoms with E-state index in [-0.39, 0.29) is 34.1 Å². The van der Waals surface area contributed by atoms with Gasteiger partial charge >= 0.3 is 0 Å². The van der Waals surface area contributed by atoms with Gasteiger partial charge in [0.25, 0.3) is 0 Å². The minimum absolute atomic E-state index is 0.0306. The predicted molar refractivity (Wildman–Crippen MR) is 90.3 cm³/mol. The molecule has 3 fully saturated rings. The standard InChI is InChI=1S/C20H30O4/c1-13-14(21)15(22)16-17(2,3)6-5-7-18(16,4)20(13)9-8-19(24-20)10-11-23-12-19/h10-11,13-14,16,21H,5-9,12H2,1-4H3/t13-,14-,16?,18+,19?,20?/m1/s1. The molecule has 4 aliphatic rings. The number of fused-ring (bicyclic) bond motifs is 2. The van der Waals surface area contributed by atoms with Crippen molar-refractivity contribution in [2.45, 2.75) is 77.1 Å². The Bertz CT molecular complexity index is 596. The van der Waals surface area contributed by atoms with Crippen LogP contribution in [0.15, 0.2) is 12.3 Å². The maximum atomic E-state index is 13.1. The minimum atomic E-state index is -0.929. The highest BCUT2D eigenvalue weighted by molar-refractivity contribution is 5.88. The van der Waals surface area contributed by atoms with E-state index in [0.29, 0.717) is 6.61 Å². The Hall–Kier alpha value is -0.870. The number of carbonyl (C=O) groups is 1. The molecule has 6 atom stereocenters. The number of aliphatic hydroxyl groups is 1. The molecule has 0 aromatic rings.